The Morgan fingerprint density at radius 3 is 2.31 bits per heavy atom. The van der Waals surface area contributed by atoms with Gasteiger partial charge in [-0.3, -0.25) is 18.7 Å². The van der Waals surface area contributed by atoms with Crippen LogP contribution in [0.5, 0.6) is 0 Å². The summed E-state index contributed by atoms with van der Waals surface area (Å²) in [5.41, 5.74) is 2.37. The Labute approximate surface area is 206 Å². The van der Waals surface area contributed by atoms with Crippen LogP contribution in [-0.2, 0) is 18.4 Å². The van der Waals surface area contributed by atoms with Crippen LogP contribution in [0.4, 0.5) is 5.69 Å². The van der Waals surface area contributed by atoms with Gasteiger partial charge in [0.15, 0.2) is 0 Å². The lowest BCUT2D eigenvalue weighted by molar-refractivity contribution is -0.131. The van der Waals surface area contributed by atoms with E-state index in [1.807, 2.05) is 47.4 Å². The normalized spacial score (nSPS) is 14.0. The molecule has 1 aliphatic rings. The van der Waals surface area contributed by atoms with Crippen LogP contribution in [-0.4, -0.2) is 55.9 Å². The Hall–Kier alpha value is -3.85. The number of benzene rings is 2. The topological polar surface area (TPSA) is 85.4 Å². The van der Waals surface area contributed by atoms with E-state index in [-0.39, 0.29) is 28.6 Å². The van der Waals surface area contributed by atoms with Crippen molar-refractivity contribution in [2.75, 3.05) is 31.1 Å². The van der Waals surface area contributed by atoms with Crippen LogP contribution in [0.1, 0.15) is 6.42 Å². The number of piperazine rings is 1. The average Bonchev–Trinajstić information content (AvgIpc) is 3.14. The third-order valence-corrected chi connectivity index (χ3v) is 6.83. The Morgan fingerprint density at radius 1 is 0.943 bits per heavy atom. The third kappa shape index (κ3) is 4.23. The minimum atomic E-state index is -0.380. The van der Waals surface area contributed by atoms with E-state index >= 15 is 0 Å². The van der Waals surface area contributed by atoms with Crippen LogP contribution in [0.15, 0.2) is 70.4 Å². The van der Waals surface area contributed by atoms with Crippen molar-refractivity contribution in [3.05, 3.63) is 86.7 Å². The zero-order valence-corrected chi connectivity index (χ0v) is 20.1. The van der Waals surface area contributed by atoms with Gasteiger partial charge in [0.1, 0.15) is 5.02 Å². The van der Waals surface area contributed by atoms with E-state index in [1.165, 1.54) is 4.68 Å². The van der Waals surface area contributed by atoms with Crippen molar-refractivity contribution in [3.63, 3.8) is 0 Å². The number of amides is 1. The van der Waals surface area contributed by atoms with Gasteiger partial charge in [-0.15, -0.1) is 0 Å². The molecule has 0 unspecified atom stereocenters. The number of halogens is 1. The van der Waals surface area contributed by atoms with Crippen molar-refractivity contribution in [2.45, 2.75) is 13.0 Å². The summed E-state index contributed by atoms with van der Waals surface area (Å²) >= 11 is 6.43. The fourth-order valence-corrected chi connectivity index (χ4v) is 4.79. The summed E-state index contributed by atoms with van der Waals surface area (Å²) in [6, 6.07) is 16.7. The average molecular weight is 493 g/mol. The highest BCUT2D eigenvalue weighted by Gasteiger charge is 2.24. The van der Waals surface area contributed by atoms with Gasteiger partial charge in [0, 0.05) is 46.2 Å². The van der Waals surface area contributed by atoms with E-state index < -0.39 is 0 Å². The van der Waals surface area contributed by atoms with Gasteiger partial charge in [-0.1, -0.05) is 41.9 Å². The van der Waals surface area contributed by atoms with Gasteiger partial charge in [-0.05, 0) is 24.3 Å². The van der Waals surface area contributed by atoms with Gasteiger partial charge >= 0.3 is 5.69 Å². The lowest BCUT2D eigenvalue weighted by Crippen LogP contribution is -2.49. The number of fused-ring (bicyclic) bond motifs is 1. The second-order valence-corrected chi connectivity index (χ2v) is 8.87. The van der Waals surface area contributed by atoms with Crippen molar-refractivity contribution in [1.29, 1.82) is 0 Å². The number of anilines is 1. The Morgan fingerprint density at radius 2 is 1.60 bits per heavy atom. The number of carbonyl (C=O) groups excluding carboxylic acids is 1. The SMILES string of the molecule is Cn1c(=O)n(CCC(=O)N2CCN(c3cnn(-c4ccccc4)c(=O)c3Cl)CC2)c2ccccc21. The number of imidazole rings is 1. The van der Waals surface area contributed by atoms with Gasteiger partial charge in [0.05, 0.1) is 28.6 Å². The second-order valence-electron chi connectivity index (χ2n) is 8.50. The molecular weight excluding hydrogens is 468 g/mol. The third-order valence-electron chi connectivity index (χ3n) is 6.48. The number of carbonyl (C=O) groups is 1. The number of nitrogens with zero attached hydrogens (tertiary/aromatic N) is 6. The van der Waals surface area contributed by atoms with E-state index in [0.29, 0.717) is 44.1 Å². The largest absolute Gasteiger partial charge is 0.365 e. The van der Waals surface area contributed by atoms with Crippen molar-refractivity contribution >= 4 is 34.2 Å². The number of aromatic nitrogens is 4. The van der Waals surface area contributed by atoms with Gasteiger partial charge in [0.25, 0.3) is 5.56 Å². The van der Waals surface area contributed by atoms with Gasteiger partial charge in [-0.2, -0.15) is 9.78 Å². The molecule has 2 aromatic heterocycles. The molecule has 1 saturated heterocycles. The van der Waals surface area contributed by atoms with Crippen molar-refractivity contribution in [1.82, 2.24) is 23.8 Å². The van der Waals surface area contributed by atoms with E-state index in [0.717, 1.165) is 11.0 Å². The smallest absolute Gasteiger partial charge is 0.328 e. The number of rotatable bonds is 5. The highest BCUT2D eigenvalue weighted by molar-refractivity contribution is 6.33. The summed E-state index contributed by atoms with van der Waals surface area (Å²) in [7, 11) is 1.74. The Kier molecular flexibility index (Phi) is 6.17. The molecule has 35 heavy (non-hydrogen) atoms. The first kappa shape index (κ1) is 22.9. The molecule has 1 fully saturated rings. The first-order chi connectivity index (χ1) is 17.0. The maximum Gasteiger partial charge on any atom is 0.328 e. The quantitative estimate of drug-likeness (QED) is 0.426. The molecule has 0 bridgehead atoms. The minimum Gasteiger partial charge on any atom is -0.365 e. The van der Waals surface area contributed by atoms with Crippen molar-refractivity contribution in [2.24, 2.45) is 7.05 Å². The summed E-state index contributed by atoms with van der Waals surface area (Å²) in [6.07, 6.45) is 1.84. The number of para-hydroxylation sites is 3. The van der Waals surface area contributed by atoms with Crippen LogP contribution < -0.4 is 16.1 Å². The highest BCUT2D eigenvalue weighted by Crippen LogP contribution is 2.23. The monoisotopic (exact) mass is 492 g/mol. The van der Waals surface area contributed by atoms with E-state index in [9.17, 15) is 14.4 Å². The molecule has 10 heteroatoms. The minimum absolute atomic E-state index is 0.00630. The molecule has 0 N–H and O–H groups in total. The van der Waals surface area contributed by atoms with E-state index in [4.69, 9.17) is 11.6 Å². The van der Waals surface area contributed by atoms with Crippen LogP contribution in [0.3, 0.4) is 0 Å². The summed E-state index contributed by atoms with van der Waals surface area (Å²) in [5, 5.41) is 4.41. The Bertz CT molecular complexity index is 1500. The number of aryl methyl sites for hydroxylation is 2. The van der Waals surface area contributed by atoms with Crippen molar-refractivity contribution in [3.8, 4) is 5.69 Å². The molecule has 1 aliphatic heterocycles. The first-order valence-electron chi connectivity index (χ1n) is 11.5. The standard InChI is InChI=1S/C25H25ClN6O3/c1-28-19-9-5-6-10-20(19)31(25(28)35)12-11-22(33)30-15-13-29(14-16-30)21-17-27-32(24(34)23(21)26)18-7-3-2-4-8-18/h2-10,17H,11-16H2,1H3. The lowest BCUT2D eigenvalue weighted by atomic mass is 10.2. The molecule has 5 rings (SSSR count). The molecule has 0 aliphatic carbocycles. The highest BCUT2D eigenvalue weighted by atomic mass is 35.5. The molecule has 0 saturated carbocycles. The zero-order valence-electron chi connectivity index (χ0n) is 19.3. The molecule has 0 atom stereocenters. The fourth-order valence-electron chi connectivity index (χ4n) is 4.54. The van der Waals surface area contributed by atoms with Crippen molar-refractivity contribution < 1.29 is 4.79 Å². The van der Waals surface area contributed by atoms with Crippen LogP contribution in [0.25, 0.3) is 16.7 Å². The van der Waals surface area contributed by atoms with Gasteiger partial charge in [-0.25, -0.2) is 4.79 Å². The molecule has 3 heterocycles. The predicted molar refractivity (Wildman–Crippen MR) is 135 cm³/mol. The molecule has 0 spiro atoms. The van der Waals surface area contributed by atoms with E-state index in [2.05, 4.69) is 5.10 Å². The zero-order chi connectivity index (χ0) is 24.5. The molecule has 2 aromatic carbocycles. The fraction of sp³-hybridized carbons (Fsp3) is 0.280. The second kappa shape index (κ2) is 9.42. The van der Waals surface area contributed by atoms with Crippen LogP contribution in [0, 0.1) is 0 Å². The summed E-state index contributed by atoms with van der Waals surface area (Å²) in [5.74, 6) is -0.00630. The van der Waals surface area contributed by atoms with Crippen LogP contribution in [0.2, 0.25) is 5.02 Å². The molecular formula is C25H25ClN6O3. The molecule has 4 aromatic rings. The molecule has 180 valence electrons. The maximum absolute atomic E-state index is 12.9. The van der Waals surface area contributed by atoms with Gasteiger partial charge < -0.3 is 9.80 Å². The summed E-state index contributed by atoms with van der Waals surface area (Å²) < 4.78 is 4.53. The number of hydrogen-bond acceptors (Lipinski definition) is 5. The van der Waals surface area contributed by atoms with Crippen LogP contribution >= 0.6 is 11.6 Å². The maximum atomic E-state index is 12.9. The molecule has 0 radical (unpaired) electrons. The lowest BCUT2D eigenvalue weighted by Gasteiger charge is -2.36. The predicted octanol–water partition coefficient (Wildman–Crippen LogP) is 2.28. The van der Waals surface area contributed by atoms with E-state index in [1.54, 1.807) is 39.4 Å². The molecule has 1 amide bonds. The first-order valence-corrected chi connectivity index (χ1v) is 11.8. The summed E-state index contributed by atoms with van der Waals surface area (Å²) in [6.45, 7) is 2.40. The Balaban J connectivity index is 1.24. The van der Waals surface area contributed by atoms with Gasteiger partial charge in [0.2, 0.25) is 5.91 Å². The summed E-state index contributed by atoms with van der Waals surface area (Å²) in [4.78, 5) is 42.0. The molecule has 9 nitrogen and oxygen atoms in total. The number of hydrogen-bond donors (Lipinski definition) is 0.